The highest BCUT2D eigenvalue weighted by Gasteiger charge is 2.31. The van der Waals surface area contributed by atoms with E-state index in [4.69, 9.17) is 0 Å². The SMILES string of the molecule is CCc1ccc(-c2c(C(=O)O)c(C(=O)O)cc(C(=O)O)c2C(=O)O)cc1. The van der Waals surface area contributed by atoms with Gasteiger partial charge in [0.15, 0.2) is 0 Å². The average Bonchev–Trinajstić information content (AvgIpc) is 2.59. The van der Waals surface area contributed by atoms with Crippen molar-refractivity contribution in [3.63, 3.8) is 0 Å². The van der Waals surface area contributed by atoms with Crippen molar-refractivity contribution in [2.45, 2.75) is 13.3 Å². The lowest BCUT2D eigenvalue weighted by Gasteiger charge is -2.16. The molecule has 0 saturated carbocycles. The Labute approximate surface area is 147 Å². The number of carboxylic acid groups (broad SMARTS) is 4. The van der Waals surface area contributed by atoms with Gasteiger partial charge in [0.05, 0.1) is 22.3 Å². The molecule has 134 valence electrons. The zero-order chi connectivity index (χ0) is 19.6. The highest BCUT2D eigenvalue weighted by molar-refractivity contribution is 6.15. The number of aromatic carboxylic acids is 4. The molecule has 26 heavy (non-hydrogen) atoms. The third-order valence-corrected chi connectivity index (χ3v) is 3.87. The molecule has 8 heteroatoms. The number of hydrogen-bond donors (Lipinski definition) is 4. The molecule has 4 N–H and O–H groups in total. The van der Waals surface area contributed by atoms with Gasteiger partial charge in [-0.2, -0.15) is 0 Å². The van der Waals surface area contributed by atoms with Crippen molar-refractivity contribution in [1.82, 2.24) is 0 Å². The first kappa shape index (κ1) is 18.7. The van der Waals surface area contributed by atoms with Crippen LogP contribution >= 0.6 is 0 Å². The summed E-state index contributed by atoms with van der Waals surface area (Å²) in [5, 5.41) is 37.6. The zero-order valence-electron chi connectivity index (χ0n) is 13.5. The molecule has 0 aliphatic heterocycles. The lowest BCUT2D eigenvalue weighted by Crippen LogP contribution is -2.18. The maximum absolute atomic E-state index is 11.7. The maximum Gasteiger partial charge on any atom is 0.337 e. The highest BCUT2D eigenvalue weighted by atomic mass is 16.4. The van der Waals surface area contributed by atoms with Crippen LogP contribution in [0, 0.1) is 0 Å². The molecule has 0 fully saturated rings. The molecule has 2 aromatic carbocycles. The Hall–Kier alpha value is -3.68. The van der Waals surface area contributed by atoms with Crippen LogP contribution in [-0.4, -0.2) is 44.3 Å². The summed E-state index contributed by atoms with van der Waals surface area (Å²) in [5.74, 6) is -6.69. The smallest absolute Gasteiger partial charge is 0.337 e. The average molecular weight is 358 g/mol. The molecule has 0 heterocycles. The molecule has 0 bridgehead atoms. The van der Waals surface area contributed by atoms with Crippen molar-refractivity contribution >= 4 is 23.9 Å². The molecule has 0 saturated heterocycles. The van der Waals surface area contributed by atoms with Crippen LogP contribution in [0.4, 0.5) is 0 Å². The van der Waals surface area contributed by atoms with E-state index in [1.54, 1.807) is 12.1 Å². The normalized spacial score (nSPS) is 10.3. The van der Waals surface area contributed by atoms with Gasteiger partial charge in [-0.1, -0.05) is 31.2 Å². The van der Waals surface area contributed by atoms with Crippen LogP contribution in [0.3, 0.4) is 0 Å². The number of rotatable bonds is 6. The number of aryl methyl sites for hydroxylation is 1. The Morgan fingerprint density at radius 3 is 1.46 bits per heavy atom. The first-order valence-corrected chi connectivity index (χ1v) is 7.42. The number of hydrogen-bond acceptors (Lipinski definition) is 4. The minimum absolute atomic E-state index is 0.0996. The molecule has 2 aromatic rings. The zero-order valence-corrected chi connectivity index (χ0v) is 13.5. The fraction of sp³-hybridized carbons (Fsp3) is 0.111. The van der Waals surface area contributed by atoms with Crippen molar-refractivity contribution in [1.29, 1.82) is 0 Å². The molecule has 0 unspecified atom stereocenters. The number of carboxylic acids is 4. The molecule has 0 aromatic heterocycles. The van der Waals surface area contributed by atoms with E-state index in [-0.39, 0.29) is 5.56 Å². The predicted octanol–water partition coefficient (Wildman–Crippen LogP) is 2.71. The molecular weight excluding hydrogens is 344 g/mol. The van der Waals surface area contributed by atoms with E-state index < -0.39 is 51.7 Å². The second-order valence-electron chi connectivity index (χ2n) is 5.37. The van der Waals surface area contributed by atoms with Crippen molar-refractivity contribution in [2.24, 2.45) is 0 Å². The van der Waals surface area contributed by atoms with Gasteiger partial charge in [0.1, 0.15) is 0 Å². The van der Waals surface area contributed by atoms with Crippen molar-refractivity contribution in [3.05, 3.63) is 58.1 Å². The van der Waals surface area contributed by atoms with Crippen LogP contribution in [0.5, 0.6) is 0 Å². The van der Waals surface area contributed by atoms with Crippen LogP contribution in [-0.2, 0) is 6.42 Å². The van der Waals surface area contributed by atoms with Gasteiger partial charge < -0.3 is 20.4 Å². The van der Waals surface area contributed by atoms with Crippen LogP contribution in [0.25, 0.3) is 11.1 Å². The van der Waals surface area contributed by atoms with E-state index in [0.29, 0.717) is 12.5 Å². The van der Waals surface area contributed by atoms with E-state index in [1.807, 2.05) is 6.92 Å². The molecular formula is C18H14O8. The largest absolute Gasteiger partial charge is 0.478 e. The third kappa shape index (κ3) is 3.25. The summed E-state index contributed by atoms with van der Waals surface area (Å²) in [6, 6.07) is 6.68. The maximum atomic E-state index is 11.7. The summed E-state index contributed by atoms with van der Waals surface area (Å²) in [6.07, 6.45) is 0.674. The van der Waals surface area contributed by atoms with Gasteiger partial charge in [-0.25, -0.2) is 19.2 Å². The number of benzene rings is 2. The van der Waals surface area contributed by atoms with Crippen LogP contribution in [0.15, 0.2) is 30.3 Å². The second kappa shape index (κ2) is 7.06. The summed E-state index contributed by atoms with van der Waals surface area (Å²) in [6.45, 7) is 1.88. The summed E-state index contributed by atoms with van der Waals surface area (Å²) in [7, 11) is 0. The summed E-state index contributed by atoms with van der Waals surface area (Å²) in [4.78, 5) is 46.3. The first-order chi connectivity index (χ1) is 12.2. The first-order valence-electron chi connectivity index (χ1n) is 7.42. The molecule has 8 nitrogen and oxygen atoms in total. The van der Waals surface area contributed by atoms with Crippen LogP contribution < -0.4 is 0 Å². The van der Waals surface area contributed by atoms with E-state index >= 15 is 0 Å². The molecule has 0 aliphatic carbocycles. The minimum Gasteiger partial charge on any atom is -0.478 e. The Kier molecular flexibility index (Phi) is 5.06. The van der Waals surface area contributed by atoms with Gasteiger partial charge in [0, 0.05) is 5.56 Å². The topological polar surface area (TPSA) is 149 Å². The fourth-order valence-electron chi connectivity index (χ4n) is 2.66. The monoisotopic (exact) mass is 358 g/mol. The van der Waals surface area contributed by atoms with Gasteiger partial charge in [0.2, 0.25) is 0 Å². The van der Waals surface area contributed by atoms with Gasteiger partial charge in [-0.05, 0) is 23.6 Å². The van der Waals surface area contributed by atoms with E-state index in [2.05, 4.69) is 0 Å². The molecule has 0 spiro atoms. The van der Waals surface area contributed by atoms with Gasteiger partial charge in [0.25, 0.3) is 0 Å². The summed E-state index contributed by atoms with van der Waals surface area (Å²) in [5.41, 5.74) is -2.61. The predicted molar refractivity (Wildman–Crippen MR) is 89.1 cm³/mol. The lowest BCUT2D eigenvalue weighted by atomic mass is 9.87. The Morgan fingerprint density at radius 2 is 1.15 bits per heavy atom. The Bertz CT molecular complexity index is 875. The molecule has 0 atom stereocenters. The number of carbonyl (C=O) groups is 4. The van der Waals surface area contributed by atoms with Gasteiger partial charge >= 0.3 is 23.9 Å². The van der Waals surface area contributed by atoms with Crippen molar-refractivity contribution in [2.75, 3.05) is 0 Å². The molecule has 0 radical (unpaired) electrons. The van der Waals surface area contributed by atoms with E-state index in [9.17, 15) is 39.6 Å². The molecule has 0 amide bonds. The van der Waals surface area contributed by atoms with Crippen molar-refractivity contribution < 1.29 is 39.6 Å². The van der Waals surface area contributed by atoms with E-state index in [1.165, 1.54) is 12.1 Å². The quantitative estimate of drug-likeness (QED) is 0.615. The van der Waals surface area contributed by atoms with Crippen molar-refractivity contribution in [3.8, 4) is 11.1 Å². The molecule has 2 rings (SSSR count). The standard InChI is InChI=1S/C18H14O8/c1-2-8-3-5-9(6-4-8)12-13(17(23)24)10(15(19)20)7-11(16(21)22)14(12)18(25)26/h3-7H,2H2,1H3,(H,19,20)(H,21,22)(H,23,24)(H,25,26). The summed E-state index contributed by atoms with van der Waals surface area (Å²) < 4.78 is 0. The minimum atomic E-state index is -1.67. The molecule has 0 aliphatic rings. The highest BCUT2D eigenvalue weighted by Crippen LogP contribution is 2.34. The second-order valence-corrected chi connectivity index (χ2v) is 5.37. The van der Waals surface area contributed by atoms with Gasteiger partial charge in [-0.15, -0.1) is 0 Å². The summed E-state index contributed by atoms with van der Waals surface area (Å²) >= 11 is 0. The van der Waals surface area contributed by atoms with Crippen LogP contribution in [0.1, 0.15) is 53.9 Å². The van der Waals surface area contributed by atoms with Crippen LogP contribution in [0.2, 0.25) is 0 Å². The third-order valence-electron chi connectivity index (χ3n) is 3.87. The van der Waals surface area contributed by atoms with Gasteiger partial charge in [-0.3, -0.25) is 0 Å². The fourth-order valence-corrected chi connectivity index (χ4v) is 2.66. The van der Waals surface area contributed by atoms with E-state index in [0.717, 1.165) is 5.56 Å². The Morgan fingerprint density at radius 1 is 0.731 bits per heavy atom. The lowest BCUT2D eigenvalue weighted by molar-refractivity contribution is 0.0638. The Balaban J connectivity index is 3.05.